The number of anilines is 1. The molecule has 0 spiro atoms. The third kappa shape index (κ3) is 4.61. The second-order valence-corrected chi connectivity index (χ2v) is 9.91. The maximum absolute atomic E-state index is 12.2. The van der Waals surface area contributed by atoms with Crippen LogP contribution < -0.4 is 4.90 Å². The molecule has 2 amide bonds. The number of fused-ring (bicyclic) bond motifs is 1. The van der Waals surface area contributed by atoms with E-state index in [0.717, 1.165) is 51.4 Å². The van der Waals surface area contributed by atoms with Gasteiger partial charge in [-0.3, -0.25) is 19.4 Å². The molecule has 4 rings (SSSR count). The van der Waals surface area contributed by atoms with E-state index in [9.17, 15) is 9.59 Å². The lowest BCUT2D eigenvalue weighted by molar-refractivity contribution is -0.152. The van der Waals surface area contributed by atoms with E-state index < -0.39 is 0 Å². The summed E-state index contributed by atoms with van der Waals surface area (Å²) in [6, 6.07) is 4.25. The number of piperidine rings is 1. The maximum Gasteiger partial charge on any atom is 0.229 e. The zero-order chi connectivity index (χ0) is 20.4. The smallest absolute Gasteiger partial charge is 0.229 e. The number of nitrogens with zero attached hydrogens (tertiary/aromatic N) is 4. The predicted molar refractivity (Wildman–Crippen MR) is 117 cm³/mol. The number of likely N-dealkylation sites (tertiary alicyclic amines) is 1. The lowest BCUT2D eigenvalue weighted by Gasteiger charge is -2.36. The van der Waals surface area contributed by atoms with Gasteiger partial charge in [-0.1, -0.05) is 13.8 Å². The summed E-state index contributed by atoms with van der Waals surface area (Å²) in [5.74, 6) is 1.10. The monoisotopic (exact) mass is 414 g/mol. The normalized spacial score (nSPS) is 20.6. The summed E-state index contributed by atoms with van der Waals surface area (Å²) < 4.78 is 1.29. The minimum Gasteiger partial charge on any atom is -0.354 e. The second kappa shape index (κ2) is 8.40. The summed E-state index contributed by atoms with van der Waals surface area (Å²) in [5.41, 5.74) is -0.188. The molecule has 2 fully saturated rings. The summed E-state index contributed by atoms with van der Waals surface area (Å²) in [7, 11) is 0. The molecule has 0 unspecified atom stereocenters. The first kappa shape index (κ1) is 20.3. The highest BCUT2D eigenvalue weighted by Gasteiger charge is 2.36. The van der Waals surface area contributed by atoms with Gasteiger partial charge in [0, 0.05) is 61.8 Å². The SMILES string of the molecule is CC1(C)CC(=O)N(CCCCN2CCN(c3nccc4sccc34)CC2)C(=O)C1. The highest BCUT2D eigenvalue weighted by atomic mass is 32.1. The third-order valence-corrected chi connectivity index (χ3v) is 6.88. The molecule has 2 saturated heterocycles. The Balaban J connectivity index is 1.20. The van der Waals surface area contributed by atoms with E-state index in [0.29, 0.717) is 19.4 Å². The van der Waals surface area contributed by atoms with Gasteiger partial charge in [0.2, 0.25) is 11.8 Å². The summed E-state index contributed by atoms with van der Waals surface area (Å²) in [6.07, 6.45) is 4.76. The van der Waals surface area contributed by atoms with E-state index in [-0.39, 0.29) is 17.2 Å². The van der Waals surface area contributed by atoms with Gasteiger partial charge in [0.05, 0.1) is 0 Å². The van der Waals surface area contributed by atoms with Crippen molar-refractivity contribution < 1.29 is 9.59 Å². The molecule has 0 saturated carbocycles. The van der Waals surface area contributed by atoms with Gasteiger partial charge in [0.15, 0.2) is 0 Å². The molecule has 0 aliphatic carbocycles. The number of aromatic nitrogens is 1. The predicted octanol–water partition coefficient (Wildman–Crippen LogP) is 3.37. The van der Waals surface area contributed by atoms with Gasteiger partial charge in [0.1, 0.15) is 5.82 Å². The second-order valence-electron chi connectivity index (χ2n) is 8.96. The average Bonchev–Trinajstić information content (AvgIpc) is 3.15. The quantitative estimate of drug-likeness (QED) is 0.536. The molecule has 0 bridgehead atoms. The van der Waals surface area contributed by atoms with Crippen molar-refractivity contribution in [3.05, 3.63) is 23.7 Å². The molecule has 4 heterocycles. The van der Waals surface area contributed by atoms with Crippen molar-refractivity contribution >= 4 is 39.1 Å². The Kier molecular flexibility index (Phi) is 5.88. The summed E-state index contributed by atoms with van der Waals surface area (Å²) >= 11 is 1.76. The molecule has 0 N–H and O–H groups in total. The first-order chi connectivity index (χ1) is 13.9. The molecular weight excluding hydrogens is 384 g/mol. The van der Waals surface area contributed by atoms with Crippen LogP contribution >= 0.6 is 11.3 Å². The number of hydrogen-bond acceptors (Lipinski definition) is 6. The zero-order valence-corrected chi connectivity index (χ0v) is 18.2. The fourth-order valence-electron chi connectivity index (χ4n) is 4.38. The highest BCUT2D eigenvalue weighted by Crippen LogP contribution is 2.32. The van der Waals surface area contributed by atoms with Crippen LogP contribution in [0, 0.1) is 5.41 Å². The van der Waals surface area contributed by atoms with E-state index in [1.165, 1.54) is 15.0 Å². The van der Waals surface area contributed by atoms with Crippen molar-refractivity contribution in [3.63, 3.8) is 0 Å². The van der Waals surface area contributed by atoms with Crippen LogP contribution in [0.1, 0.15) is 39.5 Å². The molecular formula is C22H30N4O2S. The van der Waals surface area contributed by atoms with E-state index in [1.807, 2.05) is 20.0 Å². The van der Waals surface area contributed by atoms with Gasteiger partial charge in [-0.25, -0.2) is 4.98 Å². The summed E-state index contributed by atoms with van der Waals surface area (Å²) in [6.45, 7) is 9.60. The van der Waals surface area contributed by atoms with Gasteiger partial charge < -0.3 is 4.90 Å². The number of carbonyl (C=O) groups is 2. The van der Waals surface area contributed by atoms with E-state index in [2.05, 4.69) is 32.3 Å². The zero-order valence-electron chi connectivity index (χ0n) is 17.4. The number of unbranched alkanes of at least 4 members (excludes halogenated alkanes) is 1. The number of imide groups is 1. The van der Waals surface area contributed by atoms with Crippen LogP contribution in [0.3, 0.4) is 0 Å². The number of hydrogen-bond donors (Lipinski definition) is 0. The van der Waals surface area contributed by atoms with E-state index >= 15 is 0 Å². The fourth-order valence-corrected chi connectivity index (χ4v) is 5.16. The minimum atomic E-state index is -0.188. The van der Waals surface area contributed by atoms with Crippen LogP contribution in [0.15, 0.2) is 23.7 Å². The van der Waals surface area contributed by atoms with E-state index in [4.69, 9.17) is 0 Å². The largest absolute Gasteiger partial charge is 0.354 e. The minimum absolute atomic E-state index is 0.00466. The Morgan fingerprint density at radius 1 is 1.00 bits per heavy atom. The van der Waals surface area contributed by atoms with Crippen LogP contribution in [0.2, 0.25) is 0 Å². The van der Waals surface area contributed by atoms with Crippen molar-refractivity contribution in [3.8, 4) is 0 Å². The molecule has 0 radical (unpaired) electrons. The Labute approximate surface area is 176 Å². The summed E-state index contributed by atoms with van der Waals surface area (Å²) in [4.78, 5) is 35.5. The molecule has 2 aromatic heterocycles. The molecule has 0 aromatic carbocycles. The van der Waals surface area contributed by atoms with Crippen molar-refractivity contribution in [2.45, 2.75) is 39.5 Å². The standard InChI is InChI=1S/C22H30N4O2S/c1-22(2)15-19(27)26(20(28)16-22)9-4-3-8-24-10-12-25(13-11-24)21-17-6-14-29-18(17)5-7-23-21/h5-7,14H,3-4,8-13,15-16H2,1-2H3. The van der Waals surface area contributed by atoms with Crippen molar-refractivity contribution in [2.75, 3.05) is 44.2 Å². The van der Waals surface area contributed by atoms with Crippen LogP contribution in [0.4, 0.5) is 5.82 Å². The molecule has 6 nitrogen and oxygen atoms in total. The number of rotatable bonds is 6. The van der Waals surface area contributed by atoms with Crippen molar-refractivity contribution in [1.29, 1.82) is 0 Å². The van der Waals surface area contributed by atoms with Crippen molar-refractivity contribution in [1.82, 2.24) is 14.8 Å². The molecule has 2 aliphatic heterocycles. The summed E-state index contributed by atoms with van der Waals surface area (Å²) in [5, 5.41) is 3.38. The van der Waals surface area contributed by atoms with Crippen LogP contribution in [0.25, 0.3) is 10.1 Å². The van der Waals surface area contributed by atoms with Gasteiger partial charge in [-0.15, -0.1) is 11.3 Å². The Morgan fingerprint density at radius 2 is 1.69 bits per heavy atom. The maximum atomic E-state index is 12.2. The average molecular weight is 415 g/mol. The Hall–Kier alpha value is -1.99. The van der Waals surface area contributed by atoms with Gasteiger partial charge in [-0.2, -0.15) is 0 Å². The molecule has 2 aliphatic rings. The van der Waals surface area contributed by atoms with E-state index in [1.54, 1.807) is 11.3 Å². The molecule has 29 heavy (non-hydrogen) atoms. The first-order valence-electron chi connectivity index (χ1n) is 10.6. The topological polar surface area (TPSA) is 56.8 Å². The Morgan fingerprint density at radius 3 is 2.41 bits per heavy atom. The molecule has 156 valence electrons. The molecule has 2 aromatic rings. The lowest BCUT2D eigenvalue weighted by Crippen LogP contribution is -2.47. The number of carbonyl (C=O) groups excluding carboxylic acids is 2. The third-order valence-electron chi connectivity index (χ3n) is 6.00. The van der Waals surface area contributed by atoms with Gasteiger partial charge in [0.25, 0.3) is 0 Å². The number of pyridine rings is 1. The first-order valence-corrected chi connectivity index (χ1v) is 11.4. The number of thiophene rings is 1. The lowest BCUT2D eigenvalue weighted by atomic mass is 9.82. The molecule has 0 atom stereocenters. The van der Waals surface area contributed by atoms with Crippen molar-refractivity contribution in [2.24, 2.45) is 5.41 Å². The van der Waals surface area contributed by atoms with Crippen LogP contribution in [-0.2, 0) is 9.59 Å². The van der Waals surface area contributed by atoms with Gasteiger partial charge >= 0.3 is 0 Å². The fraction of sp³-hybridized carbons (Fsp3) is 0.591. The van der Waals surface area contributed by atoms with Gasteiger partial charge in [-0.05, 0) is 42.3 Å². The number of piperazine rings is 1. The Bertz CT molecular complexity index is 866. The van der Waals surface area contributed by atoms with Crippen LogP contribution in [-0.4, -0.2) is 65.9 Å². The highest BCUT2D eigenvalue weighted by molar-refractivity contribution is 7.17. The number of amides is 2. The molecule has 7 heteroatoms. The van der Waals surface area contributed by atoms with Crippen LogP contribution in [0.5, 0.6) is 0 Å².